The van der Waals surface area contributed by atoms with Gasteiger partial charge in [-0.1, -0.05) is 32.4 Å². The number of unbranched alkanes of at least 4 members (excludes halogenated alkanes) is 1. The van der Waals surface area contributed by atoms with Crippen LogP contribution in [0, 0.1) is 0 Å². The van der Waals surface area contributed by atoms with Crippen molar-refractivity contribution in [1.82, 2.24) is 0 Å². The van der Waals surface area contributed by atoms with E-state index in [1.807, 2.05) is 0 Å². The average Bonchev–Trinajstić information content (AvgIpc) is 2.83. The highest BCUT2D eigenvalue weighted by Gasteiger charge is 2.47. The summed E-state index contributed by atoms with van der Waals surface area (Å²) in [6.07, 6.45) is 1.90. The van der Waals surface area contributed by atoms with Crippen LogP contribution < -0.4 is 0 Å². The molecule has 1 heterocycles. The first-order valence-electron chi connectivity index (χ1n) is 8.20. The molecule has 1 amide bonds. The molecule has 0 saturated carbocycles. The van der Waals surface area contributed by atoms with Crippen molar-refractivity contribution in [1.29, 1.82) is 0 Å². The molecule has 21 heavy (non-hydrogen) atoms. The maximum atomic E-state index is 12.4. The third-order valence-electron chi connectivity index (χ3n) is 3.97. The zero-order chi connectivity index (χ0) is 16.8. The van der Waals surface area contributed by atoms with Gasteiger partial charge in [-0.05, 0) is 19.1 Å². The number of aliphatic hydroxyl groups is 1. The van der Waals surface area contributed by atoms with Crippen LogP contribution in [0.5, 0.6) is 0 Å². The van der Waals surface area contributed by atoms with E-state index >= 15 is 0 Å². The second kappa shape index (κ2) is 8.08. The van der Waals surface area contributed by atoms with Gasteiger partial charge in [-0.25, -0.2) is 0 Å². The Labute approximate surface area is 130 Å². The summed E-state index contributed by atoms with van der Waals surface area (Å²) in [5.41, 5.74) is 0. The highest BCUT2D eigenvalue weighted by molar-refractivity contribution is 6.71. The number of amides is 1. The van der Waals surface area contributed by atoms with Crippen molar-refractivity contribution in [3.05, 3.63) is 12.6 Å². The number of hydrogen-bond acceptors (Lipinski definition) is 4. The molecule has 1 fully saturated rings. The predicted octanol–water partition coefficient (Wildman–Crippen LogP) is 2.87. The predicted molar refractivity (Wildman–Crippen MR) is 85.3 cm³/mol. The fraction of sp³-hybridized carbons (Fsp3) is 0.800. The molecular weight excluding hydrogens is 286 g/mol. The largest absolute Gasteiger partial charge is 0.518 e. The van der Waals surface area contributed by atoms with Crippen LogP contribution in [0.25, 0.3) is 0 Å². The first-order valence-corrected chi connectivity index (χ1v) is 10.8. The molecule has 1 unspecified atom stereocenters. The van der Waals surface area contributed by atoms with Crippen molar-refractivity contribution < 1.29 is 24.9 Å². The molecule has 1 aliphatic rings. The van der Waals surface area contributed by atoms with Crippen LogP contribution in [0.15, 0.2) is 12.6 Å². The molecule has 6 heteroatoms. The van der Waals surface area contributed by atoms with Gasteiger partial charge in [0.15, 0.2) is 15.0 Å². The molecule has 0 spiro atoms. The monoisotopic (exact) mass is 318 g/mol. The lowest BCUT2D eigenvalue weighted by Crippen LogP contribution is -2.55. The van der Waals surface area contributed by atoms with Gasteiger partial charge in [-0.3, -0.25) is 0 Å². The molecule has 5 nitrogen and oxygen atoms in total. The summed E-state index contributed by atoms with van der Waals surface area (Å²) in [4.78, 5) is 12.4. The Kier molecular flexibility index (Phi) is 6.41. The molecule has 1 saturated heterocycles. The zero-order valence-corrected chi connectivity index (χ0v) is 14.6. The number of likely N-dealkylation sites (tertiary alicyclic amines) is 1. The minimum atomic E-state index is -1.81. The average molecular weight is 319 g/mol. The van der Waals surface area contributed by atoms with E-state index in [1.165, 1.54) is 0 Å². The summed E-state index contributed by atoms with van der Waals surface area (Å²) in [7, 11) is -1.81. The normalized spacial score (nSPS) is 26.5. The van der Waals surface area contributed by atoms with Gasteiger partial charge in [-0.2, -0.15) is 9.28 Å². The van der Waals surface area contributed by atoms with Crippen molar-refractivity contribution in [3.8, 4) is 0 Å². The Bertz CT molecular complexity index is 405. The topological polar surface area (TPSA) is 55.8 Å². The lowest BCUT2D eigenvalue weighted by atomic mass is 10.3. The molecule has 1 aliphatic heterocycles. The van der Waals surface area contributed by atoms with Gasteiger partial charge >= 0.3 is 6.09 Å². The Balaban J connectivity index is 2.68. The number of ether oxygens (including phenoxy) is 1. The van der Waals surface area contributed by atoms with E-state index in [2.05, 4.69) is 26.6 Å². The Morgan fingerprint density at radius 3 is 2.86 bits per heavy atom. The van der Waals surface area contributed by atoms with Crippen LogP contribution in [0.1, 0.15) is 27.6 Å². The number of rotatable bonds is 8. The summed E-state index contributed by atoms with van der Waals surface area (Å²) in [6.45, 7) is 10.9. The van der Waals surface area contributed by atoms with E-state index in [4.69, 9.17) is 10.5 Å². The quantitative estimate of drug-likeness (QED) is 0.425. The van der Waals surface area contributed by atoms with Crippen molar-refractivity contribution in [2.75, 3.05) is 26.4 Å². The van der Waals surface area contributed by atoms with Crippen LogP contribution in [-0.4, -0.2) is 56.5 Å². The highest BCUT2D eigenvalue weighted by atomic mass is 28.4. The van der Waals surface area contributed by atoms with Gasteiger partial charge in [0.2, 0.25) is 0 Å². The van der Waals surface area contributed by atoms with E-state index in [0.717, 1.165) is 18.9 Å². The van der Waals surface area contributed by atoms with Gasteiger partial charge in [0.05, 0.1) is 7.92 Å². The molecule has 2 atom stereocenters. The zero-order valence-electron chi connectivity index (χ0n) is 14.6. The minimum Gasteiger partial charge on any atom is -0.416 e. The first-order chi connectivity index (χ1) is 10.2. The van der Waals surface area contributed by atoms with E-state index in [1.54, 1.807) is 0 Å². The van der Waals surface area contributed by atoms with E-state index in [9.17, 15) is 9.90 Å². The summed E-state index contributed by atoms with van der Waals surface area (Å²) < 4.78 is 18.5. The molecule has 1 rings (SSSR count). The summed E-state index contributed by atoms with van der Waals surface area (Å²) in [5, 5.41) is 9.84. The van der Waals surface area contributed by atoms with Crippen molar-refractivity contribution in [2.45, 2.75) is 51.4 Å². The van der Waals surface area contributed by atoms with Gasteiger partial charge in [0.25, 0.3) is 0 Å². The van der Waals surface area contributed by atoms with E-state index in [0.29, 0.717) is 19.5 Å². The molecule has 0 aromatic rings. The third kappa shape index (κ3) is 5.54. The smallest absolute Gasteiger partial charge is 0.416 e. The number of nitrogens with zero attached hydrogens (tertiary/aromatic N) is 1. The summed E-state index contributed by atoms with van der Waals surface area (Å²) in [6, 6.07) is 1.12. The maximum absolute atomic E-state index is 12.4. The number of carbonyl (C=O) groups excluding carboxylic acids is 1. The maximum Gasteiger partial charge on any atom is 0.518 e. The number of hydrogen-bond donors (Lipinski definition) is 1. The number of carbonyl (C=O) groups is 1. The Hall–Kier alpha value is -0.693. The summed E-state index contributed by atoms with van der Waals surface area (Å²) in [5.74, 6) is 0. The second-order valence-electron chi connectivity index (χ2n) is 6.44. The fourth-order valence-electron chi connectivity index (χ4n) is 2.54. The molecule has 0 aliphatic carbocycles. The van der Waals surface area contributed by atoms with Crippen LogP contribution >= 0.6 is 0 Å². The second-order valence-corrected chi connectivity index (χ2v) is 10.7. The molecule has 122 valence electrons. The summed E-state index contributed by atoms with van der Waals surface area (Å²) >= 11 is 0. The lowest BCUT2D eigenvalue weighted by molar-refractivity contribution is -0.864. The standard InChI is InChI=1S/C15H30NO4Si/c1-5-7-11-21(3,4)20-13-16(9-8-14(17)12-16)15(18)19-10-6-2/h6,14,17H,2,5,7-13H2,1,3-4H3/q+1/t14-,16?/m1/s1/i6T. The Morgan fingerprint density at radius 2 is 2.33 bits per heavy atom. The van der Waals surface area contributed by atoms with Gasteiger partial charge in [0, 0.05) is 6.42 Å². The SMILES string of the molecule is [3H]C(=C)COC(=O)[N+]1(CO[Si](C)(C)CCCC)CC[C@@H](O)C1. The van der Waals surface area contributed by atoms with Gasteiger partial charge in [-0.15, -0.1) is 0 Å². The van der Waals surface area contributed by atoms with Crippen molar-refractivity contribution in [3.63, 3.8) is 0 Å². The van der Waals surface area contributed by atoms with Crippen molar-refractivity contribution in [2.24, 2.45) is 0 Å². The molecule has 0 aromatic heterocycles. The van der Waals surface area contributed by atoms with Crippen LogP contribution in [0.3, 0.4) is 0 Å². The molecule has 1 N–H and O–H groups in total. The van der Waals surface area contributed by atoms with E-state index in [-0.39, 0.29) is 23.9 Å². The fourth-order valence-corrected chi connectivity index (χ4v) is 4.49. The van der Waals surface area contributed by atoms with Crippen LogP contribution in [-0.2, 0) is 9.16 Å². The highest BCUT2D eigenvalue weighted by Crippen LogP contribution is 2.25. The molecule has 0 bridgehead atoms. The van der Waals surface area contributed by atoms with Crippen LogP contribution in [0.2, 0.25) is 19.1 Å². The Morgan fingerprint density at radius 1 is 1.62 bits per heavy atom. The number of quaternary nitrogens is 1. The van der Waals surface area contributed by atoms with Crippen LogP contribution in [0.4, 0.5) is 4.79 Å². The van der Waals surface area contributed by atoms with Crippen molar-refractivity contribution >= 4 is 14.4 Å². The third-order valence-corrected chi connectivity index (χ3v) is 6.44. The van der Waals surface area contributed by atoms with Gasteiger partial charge in [0.1, 0.15) is 19.3 Å². The molecule has 0 radical (unpaired) electrons. The lowest BCUT2D eigenvalue weighted by Gasteiger charge is -2.33. The molecular formula is C15H30NO4Si+. The van der Waals surface area contributed by atoms with E-state index < -0.39 is 20.5 Å². The molecule has 0 aromatic carbocycles. The van der Waals surface area contributed by atoms with Gasteiger partial charge < -0.3 is 14.3 Å². The minimum absolute atomic E-state index is 0.00297. The number of aliphatic hydroxyl groups excluding tert-OH is 1. The first kappa shape index (κ1) is 16.7.